The second-order valence-electron chi connectivity index (χ2n) is 9.48. The molecule has 9 heteroatoms. The highest BCUT2D eigenvalue weighted by molar-refractivity contribution is 6.02. The smallest absolute Gasteiger partial charge is 0.407 e. The van der Waals surface area contributed by atoms with Gasteiger partial charge in [0.15, 0.2) is 0 Å². The molecule has 3 aliphatic rings. The van der Waals surface area contributed by atoms with Gasteiger partial charge in [0.25, 0.3) is 5.56 Å². The van der Waals surface area contributed by atoms with E-state index in [2.05, 4.69) is 10.2 Å². The predicted octanol–water partition coefficient (Wildman–Crippen LogP) is 1.62. The zero-order valence-corrected chi connectivity index (χ0v) is 17.9. The van der Waals surface area contributed by atoms with Gasteiger partial charge in [-0.2, -0.15) is 0 Å². The largest absolute Gasteiger partial charge is 0.465 e. The number of nitrogens with one attached hydrogen (secondary N) is 1. The molecule has 1 fully saturated rings. The third-order valence-corrected chi connectivity index (χ3v) is 6.45. The maximum absolute atomic E-state index is 12.7. The van der Waals surface area contributed by atoms with Gasteiger partial charge >= 0.3 is 6.09 Å². The quantitative estimate of drug-likeness (QED) is 0.776. The molecule has 4 heterocycles. The van der Waals surface area contributed by atoms with E-state index in [1.165, 1.54) is 0 Å². The monoisotopic (exact) mass is 417 g/mol. The number of carboxylic acid groups (broad SMARTS) is 1. The van der Waals surface area contributed by atoms with E-state index in [1.807, 2.05) is 25.7 Å². The first-order valence-electron chi connectivity index (χ1n) is 10.7. The molecule has 0 aromatic carbocycles. The number of hydrogen-bond acceptors (Lipinski definition) is 5. The van der Waals surface area contributed by atoms with Gasteiger partial charge in [-0.05, 0) is 46.1 Å². The first kappa shape index (κ1) is 20.7. The average molecular weight is 418 g/mol. The highest BCUT2D eigenvalue weighted by Crippen LogP contribution is 2.34. The van der Waals surface area contributed by atoms with Crippen LogP contribution in [0.2, 0.25) is 0 Å². The molecule has 9 nitrogen and oxygen atoms in total. The predicted molar refractivity (Wildman–Crippen MR) is 114 cm³/mol. The molecule has 0 spiro atoms. The normalized spacial score (nSPS) is 22.4. The lowest BCUT2D eigenvalue weighted by Crippen LogP contribution is -2.58. The van der Waals surface area contributed by atoms with E-state index < -0.39 is 11.6 Å². The molecule has 1 unspecified atom stereocenters. The number of hydrogen-bond donors (Lipinski definition) is 2. The number of carbonyl (C=O) groups excluding carboxylic acids is 1. The highest BCUT2D eigenvalue weighted by Gasteiger charge is 2.39. The maximum Gasteiger partial charge on any atom is 0.407 e. The number of piperidine rings is 1. The Bertz CT molecular complexity index is 898. The first-order valence-corrected chi connectivity index (χ1v) is 10.7. The van der Waals surface area contributed by atoms with Crippen LogP contribution in [-0.2, 0) is 11.3 Å². The summed E-state index contributed by atoms with van der Waals surface area (Å²) >= 11 is 0. The van der Waals surface area contributed by atoms with Crippen molar-refractivity contribution < 1.29 is 14.7 Å². The maximum atomic E-state index is 12.7. The Balaban J connectivity index is 1.46. The Kier molecular flexibility index (Phi) is 5.25. The number of carbonyl (C=O) groups is 2. The lowest BCUT2D eigenvalue weighted by atomic mass is 9.96. The molecule has 1 aromatic heterocycles. The zero-order chi connectivity index (χ0) is 21.6. The van der Waals surface area contributed by atoms with E-state index in [0.29, 0.717) is 12.4 Å². The van der Waals surface area contributed by atoms with Gasteiger partial charge in [0, 0.05) is 43.8 Å². The zero-order valence-electron chi connectivity index (χ0n) is 17.9. The van der Waals surface area contributed by atoms with Crippen LogP contribution in [0.3, 0.4) is 0 Å². The van der Waals surface area contributed by atoms with Crippen molar-refractivity contribution >= 4 is 23.5 Å². The molecule has 0 aliphatic carbocycles. The summed E-state index contributed by atoms with van der Waals surface area (Å²) in [4.78, 5) is 42.5. The summed E-state index contributed by atoms with van der Waals surface area (Å²) in [6.07, 6.45) is 1.44. The Morgan fingerprint density at radius 1 is 1.17 bits per heavy atom. The lowest BCUT2D eigenvalue weighted by Gasteiger charge is -2.46. The molecule has 1 saturated heterocycles. The average Bonchev–Trinajstić information content (AvgIpc) is 2.67. The van der Waals surface area contributed by atoms with Crippen molar-refractivity contribution in [3.8, 4) is 0 Å². The molecule has 0 bridgehead atoms. The second-order valence-corrected chi connectivity index (χ2v) is 9.48. The van der Waals surface area contributed by atoms with E-state index in [9.17, 15) is 19.5 Å². The van der Waals surface area contributed by atoms with E-state index in [0.717, 1.165) is 44.6 Å². The number of likely N-dealkylation sites (tertiary alicyclic amines) is 1. The second kappa shape index (κ2) is 7.61. The molecule has 1 aromatic rings. The van der Waals surface area contributed by atoms with Crippen LogP contribution >= 0.6 is 0 Å². The molecule has 2 amide bonds. The third-order valence-electron chi connectivity index (χ3n) is 6.45. The van der Waals surface area contributed by atoms with Crippen LogP contribution in [0.15, 0.2) is 16.9 Å². The van der Waals surface area contributed by atoms with Crippen LogP contribution < -0.4 is 15.8 Å². The Hall–Kier alpha value is -2.55. The van der Waals surface area contributed by atoms with Crippen LogP contribution in [0.4, 0.5) is 16.3 Å². The molecular formula is C21H31N5O4. The van der Waals surface area contributed by atoms with Crippen LogP contribution in [0.5, 0.6) is 0 Å². The first-order chi connectivity index (χ1) is 14.2. The van der Waals surface area contributed by atoms with E-state index >= 15 is 0 Å². The van der Waals surface area contributed by atoms with Gasteiger partial charge in [-0.15, -0.1) is 0 Å². The minimum atomic E-state index is -0.866. The van der Waals surface area contributed by atoms with Crippen LogP contribution in [0.25, 0.3) is 0 Å². The topological polar surface area (TPSA) is 98.1 Å². The van der Waals surface area contributed by atoms with Gasteiger partial charge in [0.1, 0.15) is 5.82 Å². The molecule has 164 valence electrons. The van der Waals surface area contributed by atoms with Crippen molar-refractivity contribution in [2.75, 3.05) is 36.4 Å². The molecular weight excluding hydrogens is 386 g/mol. The number of aromatic nitrogens is 1. The SMILES string of the molecule is CC(C)(C)N(C(=O)O)C1CCN(CC2CCn3c4c(ccc3=O)NCC(=O)N42)CC1. The van der Waals surface area contributed by atoms with Gasteiger partial charge in [-0.3, -0.25) is 19.1 Å². The lowest BCUT2D eigenvalue weighted by molar-refractivity contribution is -0.118. The Labute approximate surface area is 176 Å². The number of pyridine rings is 1. The van der Waals surface area contributed by atoms with Crippen molar-refractivity contribution in [3.05, 3.63) is 22.5 Å². The summed E-state index contributed by atoms with van der Waals surface area (Å²) < 4.78 is 1.69. The van der Waals surface area contributed by atoms with Crippen molar-refractivity contribution in [2.24, 2.45) is 0 Å². The van der Waals surface area contributed by atoms with Gasteiger partial charge < -0.3 is 20.2 Å². The fourth-order valence-electron chi connectivity index (χ4n) is 5.16. The van der Waals surface area contributed by atoms with Crippen molar-refractivity contribution in [1.82, 2.24) is 14.4 Å². The minimum absolute atomic E-state index is 0.00813. The standard InChI is InChI=1S/C21H31N5O4/c1-21(2,3)26(20(29)30)14-6-9-23(10-7-14)13-15-8-11-24-17(27)5-4-16-19(24)25(15)18(28)12-22-16/h4-5,14-15,22H,6-13H2,1-3H3,(H,29,30). The number of amides is 2. The molecule has 0 radical (unpaired) electrons. The third kappa shape index (κ3) is 3.66. The summed E-state index contributed by atoms with van der Waals surface area (Å²) in [5, 5.41) is 12.8. The molecule has 3 aliphatic heterocycles. The highest BCUT2D eigenvalue weighted by atomic mass is 16.4. The summed E-state index contributed by atoms with van der Waals surface area (Å²) in [7, 11) is 0. The molecule has 4 rings (SSSR count). The van der Waals surface area contributed by atoms with E-state index in [1.54, 1.807) is 21.6 Å². The van der Waals surface area contributed by atoms with Gasteiger partial charge in [0.05, 0.1) is 18.3 Å². The summed E-state index contributed by atoms with van der Waals surface area (Å²) in [6, 6.07) is 3.34. The number of nitrogens with zero attached hydrogens (tertiary/aromatic N) is 4. The molecule has 30 heavy (non-hydrogen) atoms. The van der Waals surface area contributed by atoms with Crippen LogP contribution in [0, 0.1) is 0 Å². The molecule has 2 N–H and O–H groups in total. The fraction of sp³-hybridized carbons (Fsp3) is 0.667. The van der Waals surface area contributed by atoms with Crippen molar-refractivity contribution in [3.63, 3.8) is 0 Å². The van der Waals surface area contributed by atoms with E-state index in [4.69, 9.17) is 0 Å². The summed E-state index contributed by atoms with van der Waals surface area (Å²) in [5.74, 6) is 0.681. The number of anilines is 2. The van der Waals surface area contributed by atoms with Crippen LogP contribution in [-0.4, -0.2) is 75.3 Å². The summed E-state index contributed by atoms with van der Waals surface area (Å²) in [6.45, 7) is 8.98. The Morgan fingerprint density at radius 2 is 1.87 bits per heavy atom. The van der Waals surface area contributed by atoms with Gasteiger partial charge in [0.2, 0.25) is 5.91 Å². The number of rotatable bonds is 3. The summed E-state index contributed by atoms with van der Waals surface area (Å²) in [5.41, 5.74) is 0.327. The fourth-order valence-corrected chi connectivity index (χ4v) is 5.16. The van der Waals surface area contributed by atoms with Crippen molar-refractivity contribution in [2.45, 2.75) is 64.2 Å². The van der Waals surface area contributed by atoms with Gasteiger partial charge in [-0.1, -0.05) is 0 Å². The molecule has 0 saturated carbocycles. The van der Waals surface area contributed by atoms with E-state index in [-0.39, 0.29) is 30.1 Å². The Morgan fingerprint density at radius 3 is 2.50 bits per heavy atom. The minimum Gasteiger partial charge on any atom is -0.465 e. The van der Waals surface area contributed by atoms with Crippen molar-refractivity contribution in [1.29, 1.82) is 0 Å². The van der Waals surface area contributed by atoms with Gasteiger partial charge in [-0.25, -0.2) is 4.79 Å². The van der Waals surface area contributed by atoms with Crippen LogP contribution in [0.1, 0.15) is 40.0 Å². The molecule has 1 atom stereocenters.